The molecule has 0 N–H and O–H groups in total. The minimum atomic E-state index is 0.573. The first-order valence-electron chi connectivity index (χ1n) is 6.31. The molecular weight excluding hydrogens is 232 g/mol. The maximum absolute atomic E-state index is 5.82. The summed E-state index contributed by atoms with van der Waals surface area (Å²) in [6.45, 7) is 5.78. The molecule has 0 amide bonds. The Labute approximate surface area is 109 Å². The summed E-state index contributed by atoms with van der Waals surface area (Å²) in [5.74, 6) is 0.596. The van der Waals surface area contributed by atoms with Gasteiger partial charge in [-0.15, -0.1) is 11.6 Å². The fourth-order valence-corrected chi connectivity index (χ4v) is 2.71. The lowest BCUT2D eigenvalue weighted by Crippen LogP contribution is -2.37. The van der Waals surface area contributed by atoms with Gasteiger partial charge in [-0.1, -0.05) is 12.1 Å². The van der Waals surface area contributed by atoms with Crippen LogP contribution in [0.15, 0.2) is 24.3 Å². The third-order valence-corrected chi connectivity index (χ3v) is 3.78. The van der Waals surface area contributed by atoms with Gasteiger partial charge in [-0.05, 0) is 44.6 Å². The molecular formula is C14H21ClN2. The second kappa shape index (κ2) is 5.74. The van der Waals surface area contributed by atoms with Crippen molar-refractivity contribution in [1.29, 1.82) is 0 Å². The zero-order valence-corrected chi connectivity index (χ0v) is 11.5. The predicted octanol–water partition coefficient (Wildman–Crippen LogP) is 2.96. The molecule has 2 rings (SSSR count). The van der Waals surface area contributed by atoms with E-state index in [2.05, 4.69) is 48.0 Å². The number of benzene rings is 1. The van der Waals surface area contributed by atoms with Gasteiger partial charge in [0.15, 0.2) is 0 Å². The molecule has 94 valence electrons. The molecule has 1 saturated heterocycles. The highest BCUT2D eigenvalue weighted by Crippen LogP contribution is 2.21. The van der Waals surface area contributed by atoms with Gasteiger partial charge in [0.1, 0.15) is 0 Å². The first-order valence-corrected chi connectivity index (χ1v) is 6.84. The molecule has 0 radical (unpaired) electrons. The molecule has 1 fully saturated rings. The van der Waals surface area contributed by atoms with Crippen LogP contribution in [0.2, 0.25) is 0 Å². The van der Waals surface area contributed by atoms with E-state index >= 15 is 0 Å². The molecule has 0 bridgehead atoms. The van der Waals surface area contributed by atoms with Gasteiger partial charge in [-0.2, -0.15) is 0 Å². The number of hydrogen-bond acceptors (Lipinski definition) is 2. The molecule has 17 heavy (non-hydrogen) atoms. The average Bonchev–Trinajstić information content (AvgIpc) is 2.50. The van der Waals surface area contributed by atoms with Crippen molar-refractivity contribution in [2.75, 3.05) is 31.6 Å². The Bertz CT molecular complexity index is 350. The van der Waals surface area contributed by atoms with Crippen molar-refractivity contribution in [3.8, 4) is 0 Å². The Morgan fingerprint density at radius 2 is 1.94 bits per heavy atom. The van der Waals surface area contributed by atoms with Crippen LogP contribution in [-0.4, -0.2) is 37.6 Å². The van der Waals surface area contributed by atoms with Crippen LogP contribution >= 0.6 is 11.6 Å². The molecule has 1 aliphatic rings. The van der Waals surface area contributed by atoms with E-state index < -0.39 is 0 Å². The lowest BCUT2D eigenvalue weighted by atomic mass is 10.2. The topological polar surface area (TPSA) is 6.48 Å². The van der Waals surface area contributed by atoms with Crippen molar-refractivity contribution in [3.05, 3.63) is 29.8 Å². The number of alkyl halides is 1. The van der Waals surface area contributed by atoms with Crippen molar-refractivity contribution in [2.45, 2.75) is 25.3 Å². The summed E-state index contributed by atoms with van der Waals surface area (Å²) >= 11 is 5.82. The monoisotopic (exact) mass is 252 g/mol. The third kappa shape index (κ3) is 3.14. The van der Waals surface area contributed by atoms with E-state index in [4.69, 9.17) is 11.6 Å². The summed E-state index contributed by atoms with van der Waals surface area (Å²) in [6, 6.07) is 9.22. The number of nitrogens with zero attached hydrogens (tertiary/aromatic N) is 2. The van der Waals surface area contributed by atoms with E-state index in [1.807, 2.05) is 0 Å². The van der Waals surface area contributed by atoms with Gasteiger partial charge in [0, 0.05) is 30.7 Å². The standard InChI is InChI=1S/C14H21ClN2/c1-12-11-16(2)8-3-9-17(12)14-6-4-13(10-15)5-7-14/h4-7,12H,3,8-11H2,1-2H3. The predicted molar refractivity (Wildman–Crippen MR) is 74.9 cm³/mol. The number of hydrogen-bond donors (Lipinski definition) is 0. The molecule has 3 heteroatoms. The molecule has 1 aliphatic heterocycles. The molecule has 1 atom stereocenters. The highest BCUT2D eigenvalue weighted by Gasteiger charge is 2.19. The molecule has 1 aromatic carbocycles. The smallest absolute Gasteiger partial charge is 0.0474 e. The van der Waals surface area contributed by atoms with E-state index in [1.54, 1.807) is 0 Å². The van der Waals surface area contributed by atoms with Crippen molar-refractivity contribution in [1.82, 2.24) is 4.90 Å². The Kier molecular flexibility index (Phi) is 4.30. The SMILES string of the molecule is CC1CN(C)CCCN1c1ccc(CCl)cc1. The maximum Gasteiger partial charge on any atom is 0.0474 e. The van der Waals surface area contributed by atoms with Crippen molar-refractivity contribution < 1.29 is 0 Å². The van der Waals surface area contributed by atoms with Crippen molar-refractivity contribution >= 4 is 17.3 Å². The third-order valence-electron chi connectivity index (χ3n) is 3.47. The van der Waals surface area contributed by atoms with Crippen LogP contribution in [0.25, 0.3) is 0 Å². The Hall–Kier alpha value is -0.730. The summed E-state index contributed by atoms with van der Waals surface area (Å²) in [4.78, 5) is 4.92. The zero-order valence-electron chi connectivity index (χ0n) is 10.7. The first kappa shape index (κ1) is 12.7. The molecule has 1 aromatic rings. The maximum atomic E-state index is 5.82. The second-order valence-electron chi connectivity index (χ2n) is 4.96. The van der Waals surface area contributed by atoms with Crippen LogP contribution in [0, 0.1) is 0 Å². The number of halogens is 1. The molecule has 1 heterocycles. The van der Waals surface area contributed by atoms with E-state index in [9.17, 15) is 0 Å². The van der Waals surface area contributed by atoms with Crippen LogP contribution in [0.5, 0.6) is 0 Å². The Balaban J connectivity index is 2.13. The Morgan fingerprint density at radius 3 is 2.59 bits per heavy atom. The highest BCUT2D eigenvalue weighted by molar-refractivity contribution is 6.17. The number of anilines is 1. The molecule has 2 nitrogen and oxygen atoms in total. The first-order chi connectivity index (χ1) is 8.20. The van der Waals surface area contributed by atoms with Gasteiger partial charge >= 0.3 is 0 Å². The average molecular weight is 253 g/mol. The quantitative estimate of drug-likeness (QED) is 0.747. The van der Waals surface area contributed by atoms with Crippen LogP contribution < -0.4 is 4.90 Å². The van der Waals surface area contributed by atoms with Gasteiger partial charge in [-0.3, -0.25) is 0 Å². The van der Waals surface area contributed by atoms with E-state index in [1.165, 1.54) is 24.2 Å². The summed E-state index contributed by atoms with van der Waals surface area (Å²) in [5, 5.41) is 0. The second-order valence-corrected chi connectivity index (χ2v) is 5.23. The number of rotatable bonds is 2. The molecule has 0 spiro atoms. The fourth-order valence-electron chi connectivity index (χ4n) is 2.53. The van der Waals surface area contributed by atoms with Gasteiger partial charge in [0.05, 0.1) is 0 Å². The molecule has 0 aliphatic carbocycles. The lowest BCUT2D eigenvalue weighted by Gasteiger charge is -2.30. The lowest BCUT2D eigenvalue weighted by molar-refractivity contribution is 0.337. The van der Waals surface area contributed by atoms with Gasteiger partial charge in [-0.25, -0.2) is 0 Å². The van der Waals surface area contributed by atoms with Crippen molar-refractivity contribution in [2.24, 2.45) is 0 Å². The Morgan fingerprint density at radius 1 is 1.24 bits per heavy atom. The van der Waals surface area contributed by atoms with Gasteiger partial charge < -0.3 is 9.80 Å². The minimum Gasteiger partial charge on any atom is -0.367 e. The summed E-state index contributed by atoms with van der Waals surface area (Å²) in [5.41, 5.74) is 2.51. The van der Waals surface area contributed by atoms with E-state index in [0.29, 0.717) is 11.9 Å². The van der Waals surface area contributed by atoms with Gasteiger partial charge in [0.25, 0.3) is 0 Å². The fraction of sp³-hybridized carbons (Fsp3) is 0.571. The largest absolute Gasteiger partial charge is 0.367 e. The van der Waals surface area contributed by atoms with Crippen LogP contribution in [0.3, 0.4) is 0 Å². The summed E-state index contributed by atoms with van der Waals surface area (Å²) < 4.78 is 0. The highest BCUT2D eigenvalue weighted by atomic mass is 35.5. The summed E-state index contributed by atoms with van der Waals surface area (Å²) in [6.07, 6.45) is 1.23. The van der Waals surface area contributed by atoms with Gasteiger partial charge in [0.2, 0.25) is 0 Å². The van der Waals surface area contributed by atoms with Crippen LogP contribution in [0.1, 0.15) is 18.9 Å². The van der Waals surface area contributed by atoms with Crippen LogP contribution in [0.4, 0.5) is 5.69 Å². The van der Waals surface area contributed by atoms with E-state index in [-0.39, 0.29) is 0 Å². The summed E-state index contributed by atoms with van der Waals surface area (Å²) in [7, 11) is 2.20. The zero-order chi connectivity index (χ0) is 12.3. The van der Waals surface area contributed by atoms with Crippen LogP contribution in [-0.2, 0) is 5.88 Å². The molecule has 0 saturated carbocycles. The number of likely N-dealkylation sites (N-methyl/N-ethyl adjacent to an activating group) is 1. The molecule has 0 aromatic heterocycles. The van der Waals surface area contributed by atoms with E-state index in [0.717, 1.165) is 13.1 Å². The minimum absolute atomic E-state index is 0.573. The molecule has 1 unspecified atom stereocenters. The van der Waals surface area contributed by atoms with Crippen molar-refractivity contribution in [3.63, 3.8) is 0 Å². The normalized spacial score (nSPS) is 22.5.